The molecule has 4 aromatic rings. The van der Waals surface area contributed by atoms with Crippen molar-refractivity contribution >= 4 is 0 Å². The van der Waals surface area contributed by atoms with Gasteiger partial charge in [0.1, 0.15) is 0 Å². The van der Waals surface area contributed by atoms with E-state index in [1.807, 2.05) is 12.1 Å². The van der Waals surface area contributed by atoms with Crippen LogP contribution in [0.1, 0.15) is 12.5 Å². The molecular weight excluding hydrogens is 314 g/mol. The molecule has 0 bridgehead atoms. The minimum Gasteiger partial charge on any atom is -0.248 e. The molecule has 1 heterocycles. The van der Waals surface area contributed by atoms with Gasteiger partial charge in [0.15, 0.2) is 0 Å². The summed E-state index contributed by atoms with van der Waals surface area (Å²) in [5.41, 5.74) is 8.05. The zero-order valence-electron chi connectivity index (χ0n) is 14.9. The van der Waals surface area contributed by atoms with Crippen LogP contribution < -0.4 is 0 Å². The van der Waals surface area contributed by atoms with Crippen LogP contribution in [0.2, 0.25) is 0 Å². The van der Waals surface area contributed by atoms with E-state index in [9.17, 15) is 0 Å². The molecule has 1 aromatic heterocycles. The summed E-state index contributed by atoms with van der Waals surface area (Å²) < 4.78 is 0. The molecule has 26 heavy (non-hydrogen) atoms. The molecule has 0 saturated heterocycles. The largest absolute Gasteiger partial charge is 0.248 e. The number of nitrogens with zero attached hydrogens (tertiary/aromatic N) is 1. The molecule has 0 atom stereocenters. The second kappa shape index (κ2) is 7.37. The highest BCUT2D eigenvalue weighted by atomic mass is 14.7. The van der Waals surface area contributed by atoms with Gasteiger partial charge in [-0.2, -0.15) is 0 Å². The van der Waals surface area contributed by atoms with Crippen molar-refractivity contribution in [3.8, 4) is 33.6 Å². The van der Waals surface area contributed by atoms with Gasteiger partial charge in [0.05, 0.1) is 11.4 Å². The first-order valence-corrected chi connectivity index (χ1v) is 9.06. The molecule has 0 amide bonds. The highest BCUT2D eigenvalue weighted by Crippen LogP contribution is 2.30. The third kappa shape index (κ3) is 3.43. The molecule has 1 heteroatoms. The third-order valence-electron chi connectivity index (χ3n) is 4.66. The molecule has 0 aliphatic rings. The lowest BCUT2D eigenvalue weighted by Crippen LogP contribution is -1.91. The molecule has 0 aliphatic heterocycles. The average molecular weight is 335 g/mol. The van der Waals surface area contributed by atoms with E-state index in [0.717, 1.165) is 28.9 Å². The summed E-state index contributed by atoms with van der Waals surface area (Å²) in [6.45, 7) is 2.18. The standard InChI is InChI=1S/C25H21N/c1-2-19-13-15-20(16-14-19)23-17-24(21-9-5-3-6-10-21)26-25(18-23)22-11-7-4-8-12-22/h3-18H,2H2,1H3. The van der Waals surface area contributed by atoms with Crippen molar-refractivity contribution in [2.75, 3.05) is 0 Å². The summed E-state index contributed by atoms with van der Waals surface area (Å²) in [6, 6.07) is 33.9. The van der Waals surface area contributed by atoms with E-state index in [0.29, 0.717) is 0 Å². The topological polar surface area (TPSA) is 12.9 Å². The third-order valence-corrected chi connectivity index (χ3v) is 4.66. The van der Waals surface area contributed by atoms with Gasteiger partial charge in [-0.3, -0.25) is 0 Å². The van der Waals surface area contributed by atoms with E-state index in [4.69, 9.17) is 4.98 Å². The maximum atomic E-state index is 4.93. The highest BCUT2D eigenvalue weighted by molar-refractivity contribution is 5.76. The highest BCUT2D eigenvalue weighted by Gasteiger charge is 2.08. The summed E-state index contributed by atoms with van der Waals surface area (Å²) in [5, 5.41) is 0. The van der Waals surface area contributed by atoms with Crippen molar-refractivity contribution in [3.05, 3.63) is 103 Å². The zero-order valence-corrected chi connectivity index (χ0v) is 14.9. The predicted molar refractivity (Wildman–Crippen MR) is 110 cm³/mol. The van der Waals surface area contributed by atoms with Crippen molar-refractivity contribution in [3.63, 3.8) is 0 Å². The molecule has 126 valence electrons. The summed E-state index contributed by atoms with van der Waals surface area (Å²) in [4.78, 5) is 4.93. The summed E-state index contributed by atoms with van der Waals surface area (Å²) in [7, 11) is 0. The van der Waals surface area contributed by atoms with Crippen molar-refractivity contribution in [2.24, 2.45) is 0 Å². The van der Waals surface area contributed by atoms with Crippen LogP contribution in [0.25, 0.3) is 33.6 Å². The number of benzene rings is 3. The lowest BCUT2D eigenvalue weighted by atomic mass is 9.99. The minimum absolute atomic E-state index is 1.00. The normalized spacial score (nSPS) is 10.7. The van der Waals surface area contributed by atoms with Gasteiger partial charge in [0, 0.05) is 11.1 Å². The van der Waals surface area contributed by atoms with Crippen LogP contribution in [-0.4, -0.2) is 4.98 Å². The summed E-state index contributed by atoms with van der Waals surface area (Å²) in [6.07, 6.45) is 1.06. The summed E-state index contributed by atoms with van der Waals surface area (Å²) >= 11 is 0. The van der Waals surface area contributed by atoms with Crippen molar-refractivity contribution in [1.82, 2.24) is 4.98 Å². The summed E-state index contributed by atoms with van der Waals surface area (Å²) in [5.74, 6) is 0. The van der Waals surface area contributed by atoms with Gasteiger partial charge >= 0.3 is 0 Å². The van der Waals surface area contributed by atoms with Crippen LogP contribution in [-0.2, 0) is 6.42 Å². The van der Waals surface area contributed by atoms with Gasteiger partial charge in [-0.05, 0) is 35.2 Å². The fraction of sp³-hybridized carbons (Fsp3) is 0.0800. The number of aryl methyl sites for hydroxylation is 1. The van der Waals surface area contributed by atoms with E-state index >= 15 is 0 Å². The lowest BCUT2D eigenvalue weighted by Gasteiger charge is -2.10. The average Bonchev–Trinajstić information content (AvgIpc) is 2.75. The molecule has 0 spiro atoms. The Morgan fingerprint density at radius 2 is 1.04 bits per heavy atom. The molecule has 1 nitrogen and oxygen atoms in total. The second-order valence-electron chi connectivity index (χ2n) is 6.41. The number of hydrogen-bond donors (Lipinski definition) is 0. The van der Waals surface area contributed by atoms with E-state index in [2.05, 4.69) is 91.9 Å². The van der Waals surface area contributed by atoms with Gasteiger partial charge in [-0.15, -0.1) is 0 Å². The monoisotopic (exact) mass is 335 g/mol. The molecule has 3 aromatic carbocycles. The van der Waals surface area contributed by atoms with Crippen LogP contribution in [0, 0.1) is 0 Å². The van der Waals surface area contributed by atoms with Gasteiger partial charge in [-0.25, -0.2) is 4.98 Å². The SMILES string of the molecule is CCc1ccc(-c2cc(-c3ccccc3)nc(-c3ccccc3)c2)cc1. The molecule has 0 fully saturated rings. The number of aromatic nitrogens is 1. The van der Waals surface area contributed by atoms with Crippen LogP contribution in [0.3, 0.4) is 0 Å². The van der Waals surface area contributed by atoms with Gasteiger partial charge < -0.3 is 0 Å². The Hall–Kier alpha value is -3.19. The first-order chi connectivity index (χ1) is 12.8. The fourth-order valence-corrected chi connectivity index (χ4v) is 3.14. The molecule has 0 N–H and O–H groups in total. The van der Waals surface area contributed by atoms with E-state index < -0.39 is 0 Å². The van der Waals surface area contributed by atoms with Crippen LogP contribution in [0.4, 0.5) is 0 Å². The first-order valence-electron chi connectivity index (χ1n) is 9.06. The Kier molecular flexibility index (Phi) is 4.61. The molecular formula is C25H21N. The Morgan fingerprint density at radius 3 is 1.50 bits per heavy atom. The van der Waals surface area contributed by atoms with Crippen molar-refractivity contribution in [2.45, 2.75) is 13.3 Å². The zero-order chi connectivity index (χ0) is 17.8. The Bertz CT molecular complexity index is 929. The Balaban J connectivity index is 1.87. The fourth-order valence-electron chi connectivity index (χ4n) is 3.14. The van der Waals surface area contributed by atoms with E-state index in [-0.39, 0.29) is 0 Å². The van der Waals surface area contributed by atoms with E-state index in [1.54, 1.807) is 0 Å². The van der Waals surface area contributed by atoms with Gasteiger partial charge in [-0.1, -0.05) is 91.9 Å². The lowest BCUT2D eigenvalue weighted by molar-refractivity contribution is 1.14. The van der Waals surface area contributed by atoms with Gasteiger partial charge in [0.25, 0.3) is 0 Å². The molecule has 0 radical (unpaired) electrons. The van der Waals surface area contributed by atoms with Crippen LogP contribution >= 0.6 is 0 Å². The maximum Gasteiger partial charge on any atom is 0.0715 e. The first kappa shape index (κ1) is 16.3. The number of hydrogen-bond acceptors (Lipinski definition) is 1. The van der Waals surface area contributed by atoms with Crippen LogP contribution in [0.5, 0.6) is 0 Å². The molecule has 0 aliphatic carbocycles. The van der Waals surface area contributed by atoms with Crippen LogP contribution in [0.15, 0.2) is 97.1 Å². The minimum atomic E-state index is 1.00. The van der Waals surface area contributed by atoms with Crippen molar-refractivity contribution < 1.29 is 0 Å². The van der Waals surface area contributed by atoms with Crippen molar-refractivity contribution in [1.29, 1.82) is 0 Å². The second-order valence-corrected chi connectivity index (χ2v) is 6.41. The maximum absolute atomic E-state index is 4.93. The molecule has 0 saturated carbocycles. The molecule has 4 rings (SSSR count). The molecule has 0 unspecified atom stereocenters. The predicted octanol–water partition coefficient (Wildman–Crippen LogP) is 6.65. The Morgan fingerprint density at radius 1 is 0.538 bits per heavy atom. The van der Waals surface area contributed by atoms with Gasteiger partial charge in [0.2, 0.25) is 0 Å². The van der Waals surface area contributed by atoms with E-state index in [1.165, 1.54) is 16.7 Å². The Labute approximate surface area is 155 Å². The quantitative estimate of drug-likeness (QED) is 0.407. The number of rotatable bonds is 4. The number of pyridine rings is 1. The smallest absolute Gasteiger partial charge is 0.0715 e.